The molecule has 0 saturated heterocycles. The fourth-order valence-electron chi connectivity index (χ4n) is 4.00. The fraction of sp³-hybridized carbons (Fsp3) is 0.350. The maximum Gasteiger partial charge on any atom is 0.244 e. The second kappa shape index (κ2) is 6.52. The van der Waals surface area contributed by atoms with Crippen molar-refractivity contribution in [2.24, 2.45) is 5.73 Å². The Morgan fingerprint density at radius 1 is 0.962 bits per heavy atom. The Labute approximate surface area is 153 Å². The number of hydrogen-bond acceptors (Lipinski definition) is 3. The summed E-state index contributed by atoms with van der Waals surface area (Å²) in [6.45, 7) is 0.170. The van der Waals surface area contributed by atoms with E-state index in [-0.39, 0.29) is 11.4 Å². The molecule has 1 heterocycles. The molecule has 0 bridgehead atoms. The van der Waals surface area contributed by atoms with Crippen molar-refractivity contribution in [3.8, 4) is 0 Å². The second-order valence-corrected chi connectivity index (χ2v) is 8.97. The van der Waals surface area contributed by atoms with Crippen LogP contribution in [-0.2, 0) is 40.6 Å². The molecule has 1 atom stereocenters. The van der Waals surface area contributed by atoms with Crippen LogP contribution in [0.15, 0.2) is 47.4 Å². The lowest BCUT2D eigenvalue weighted by molar-refractivity contribution is -0.122. The van der Waals surface area contributed by atoms with E-state index >= 15 is 0 Å². The van der Waals surface area contributed by atoms with Crippen molar-refractivity contribution in [3.05, 3.63) is 64.7 Å². The minimum absolute atomic E-state index is 0.170. The first-order valence-corrected chi connectivity index (χ1v) is 10.4. The van der Waals surface area contributed by atoms with E-state index in [1.807, 2.05) is 30.3 Å². The summed E-state index contributed by atoms with van der Waals surface area (Å²) >= 11 is 0. The lowest BCUT2D eigenvalue weighted by Crippen LogP contribution is -2.51. The lowest BCUT2D eigenvalue weighted by Gasteiger charge is -2.34. The molecule has 136 valence electrons. The van der Waals surface area contributed by atoms with Crippen LogP contribution in [0.4, 0.5) is 0 Å². The summed E-state index contributed by atoms with van der Waals surface area (Å²) in [6.07, 6.45) is 4.44. The smallest absolute Gasteiger partial charge is 0.244 e. The van der Waals surface area contributed by atoms with Crippen LogP contribution < -0.4 is 5.73 Å². The molecular weight excluding hydrogens is 348 g/mol. The standard InChI is InChI=1S/C20H22N2O3S/c21-20(23)19-12-16-7-3-4-8-17(16)13-22(19)26(24,25)18-10-9-14-5-1-2-6-15(14)11-18/h3-4,7-11,19H,1-2,5-6,12-13H2,(H2,21,23)/t19-/m0/s1. The van der Waals surface area contributed by atoms with E-state index in [0.29, 0.717) is 6.42 Å². The molecule has 0 saturated carbocycles. The molecule has 2 aliphatic rings. The summed E-state index contributed by atoms with van der Waals surface area (Å²) < 4.78 is 27.9. The van der Waals surface area contributed by atoms with Crippen molar-refractivity contribution >= 4 is 15.9 Å². The monoisotopic (exact) mass is 370 g/mol. The van der Waals surface area contributed by atoms with Crippen molar-refractivity contribution in [1.29, 1.82) is 0 Å². The van der Waals surface area contributed by atoms with E-state index in [2.05, 4.69) is 0 Å². The summed E-state index contributed by atoms with van der Waals surface area (Å²) in [7, 11) is -3.80. The van der Waals surface area contributed by atoms with Crippen molar-refractivity contribution in [1.82, 2.24) is 4.31 Å². The van der Waals surface area contributed by atoms with Gasteiger partial charge >= 0.3 is 0 Å². The largest absolute Gasteiger partial charge is 0.368 e. The number of benzene rings is 2. The van der Waals surface area contributed by atoms with Gasteiger partial charge in [0.15, 0.2) is 0 Å². The number of carbonyl (C=O) groups is 1. The van der Waals surface area contributed by atoms with Gasteiger partial charge in [0.25, 0.3) is 0 Å². The zero-order valence-electron chi connectivity index (χ0n) is 14.5. The van der Waals surface area contributed by atoms with Crippen molar-refractivity contribution in [3.63, 3.8) is 0 Å². The number of carbonyl (C=O) groups excluding carboxylic acids is 1. The average molecular weight is 370 g/mol. The van der Waals surface area contributed by atoms with E-state index in [1.165, 1.54) is 9.87 Å². The van der Waals surface area contributed by atoms with Crippen LogP contribution in [0.1, 0.15) is 35.1 Å². The number of nitrogens with zero attached hydrogens (tertiary/aromatic N) is 1. The Morgan fingerprint density at radius 3 is 2.38 bits per heavy atom. The Balaban J connectivity index is 1.75. The molecule has 1 aliphatic heterocycles. The highest BCUT2D eigenvalue weighted by Crippen LogP contribution is 2.31. The minimum atomic E-state index is -3.80. The lowest BCUT2D eigenvalue weighted by atomic mass is 9.92. The SMILES string of the molecule is NC(=O)[C@@H]1Cc2ccccc2CN1S(=O)(=O)c1ccc2c(c1)CCCC2. The molecule has 0 fully saturated rings. The molecule has 0 aromatic heterocycles. The van der Waals surface area contributed by atoms with Gasteiger partial charge in [-0.25, -0.2) is 8.42 Å². The van der Waals surface area contributed by atoms with Crippen LogP contribution in [-0.4, -0.2) is 24.7 Å². The van der Waals surface area contributed by atoms with E-state index < -0.39 is 22.0 Å². The Hall–Kier alpha value is -2.18. The van der Waals surface area contributed by atoms with Crippen molar-refractivity contribution in [2.75, 3.05) is 0 Å². The number of amides is 1. The zero-order valence-corrected chi connectivity index (χ0v) is 15.3. The molecule has 2 aromatic rings. The van der Waals surface area contributed by atoms with Gasteiger partial charge in [-0.05, 0) is 66.5 Å². The zero-order chi connectivity index (χ0) is 18.3. The van der Waals surface area contributed by atoms with Gasteiger partial charge in [-0.3, -0.25) is 4.79 Å². The maximum atomic E-state index is 13.3. The Bertz CT molecular complexity index is 969. The number of nitrogens with two attached hydrogens (primary N) is 1. The number of aryl methyl sites for hydroxylation is 2. The average Bonchev–Trinajstić information content (AvgIpc) is 2.66. The van der Waals surface area contributed by atoms with Crippen LogP contribution in [0, 0.1) is 0 Å². The van der Waals surface area contributed by atoms with Crippen molar-refractivity contribution < 1.29 is 13.2 Å². The summed E-state index contributed by atoms with van der Waals surface area (Å²) in [5, 5.41) is 0. The molecule has 1 aliphatic carbocycles. The van der Waals surface area contributed by atoms with Gasteiger partial charge in [0.05, 0.1) is 4.90 Å². The molecule has 26 heavy (non-hydrogen) atoms. The van der Waals surface area contributed by atoms with E-state index in [9.17, 15) is 13.2 Å². The first-order valence-electron chi connectivity index (χ1n) is 8.96. The highest BCUT2D eigenvalue weighted by Gasteiger charge is 2.38. The van der Waals surface area contributed by atoms with Gasteiger partial charge in [0.2, 0.25) is 15.9 Å². The molecule has 0 unspecified atom stereocenters. The molecule has 6 heteroatoms. The van der Waals surface area contributed by atoms with Gasteiger partial charge in [0.1, 0.15) is 6.04 Å². The second-order valence-electron chi connectivity index (χ2n) is 7.08. The molecule has 1 amide bonds. The third kappa shape index (κ3) is 2.93. The summed E-state index contributed by atoms with van der Waals surface area (Å²) in [5.74, 6) is -0.610. The molecule has 2 aromatic carbocycles. The van der Waals surface area contributed by atoms with Crippen LogP contribution in [0.5, 0.6) is 0 Å². The molecule has 4 rings (SSSR count). The third-order valence-corrected chi connectivity index (χ3v) is 7.31. The predicted molar refractivity (Wildman–Crippen MR) is 98.9 cm³/mol. The number of sulfonamides is 1. The number of fused-ring (bicyclic) bond motifs is 2. The summed E-state index contributed by atoms with van der Waals surface area (Å²) in [6, 6.07) is 12.1. The van der Waals surface area contributed by atoms with E-state index in [0.717, 1.165) is 42.4 Å². The highest BCUT2D eigenvalue weighted by molar-refractivity contribution is 7.89. The quantitative estimate of drug-likeness (QED) is 0.899. The number of rotatable bonds is 3. The van der Waals surface area contributed by atoms with Gasteiger partial charge in [-0.2, -0.15) is 4.31 Å². The van der Waals surface area contributed by atoms with Gasteiger partial charge in [0, 0.05) is 6.54 Å². The molecular formula is C20H22N2O3S. The maximum absolute atomic E-state index is 13.3. The van der Waals surface area contributed by atoms with Gasteiger partial charge < -0.3 is 5.73 Å². The molecule has 5 nitrogen and oxygen atoms in total. The highest BCUT2D eigenvalue weighted by atomic mass is 32.2. The van der Waals surface area contributed by atoms with Crippen LogP contribution >= 0.6 is 0 Å². The van der Waals surface area contributed by atoms with Crippen molar-refractivity contribution in [2.45, 2.75) is 49.6 Å². The van der Waals surface area contributed by atoms with Crippen LogP contribution in [0.25, 0.3) is 0 Å². The first-order chi connectivity index (χ1) is 12.5. The Morgan fingerprint density at radius 2 is 1.65 bits per heavy atom. The number of hydrogen-bond donors (Lipinski definition) is 1. The van der Waals surface area contributed by atoms with Gasteiger partial charge in [-0.15, -0.1) is 0 Å². The van der Waals surface area contributed by atoms with Crippen LogP contribution in [0.3, 0.4) is 0 Å². The normalized spacial score (nSPS) is 20.2. The third-order valence-electron chi connectivity index (χ3n) is 5.46. The summed E-state index contributed by atoms with van der Waals surface area (Å²) in [4.78, 5) is 12.3. The predicted octanol–water partition coefficient (Wildman–Crippen LogP) is 2.17. The molecule has 2 N–H and O–H groups in total. The fourth-order valence-corrected chi connectivity index (χ4v) is 5.62. The first kappa shape index (κ1) is 17.2. The summed E-state index contributed by atoms with van der Waals surface area (Å²) in [5.41, 5.74) is 9.79. The van der Waals surface area contributed by atoms with Gasteiger partial charge in [-0.1, -0.05) is 30.3 Å². The van der Waals surface area contributed by atoms with E-state index in [1.54, 1.807) is 12.1 Å². The topological polar surface area (TPSA) is 80.5 Å². The molecule has 0 radical (unpaired) electrons. The van der Waals surface area contributed by atoms with Crippen LogP contribution in [0.2, 0.25) is 0 Å². The number of primary amides is 1. The van der Waals surface area contributed by atoms with E-state index in [4.69, 9.17) is 5.73 Å². The Kier molecular flexibility index (Phi) is 4.32. The minimum Gasteiger partial charge on any atom is -0.368 e. The molecule has 0 spiro atoms.